The summed E-state index contributed by atoms with van der Waals surface area (Å²) in [5.74, 6) is 0.103. The summed E-state index contributed by atoms with van der Waals surface area (Å²) < 4.78 is 7.35. The predicted octanol–water partition coefficient (Wildman–Crippen LogP) is 6.02. The van der Waals surface area contributed by atoms with E-state index in [1.165, 1.54) is 24.8 Å². The van der Waals surface area contributed by atoms with Crippen LogP contribution in [0.15, 0.2) is 30.3 Å². The summed E-state index contributed by atoms with van der Waals surface area (Å²) in [4.78, 5) is 11.9. The summed E-state index contributed by atoms with van der Waals surface area (Å²) in [5, 5.41) is 20.9. The third kappa shape index (κ3) is 3.81. The Balaban J connectivity index is 2.11. The molecule has 5 nitrogen and oxygen atoms in total. The summed E-state index contributed by atoms with van der Waals surface area (Å²) >= 11 is 6.71. The average molecular weight is 442 g/mol. The molecule has 31 heavy (non-hydrogen) atoms. The number of fused-ring (bicyclic) bond motifs is 1. The van der Waals surface area contributed by atoms with Crippen LogP contribution in [0.5, 0.6) is 5.75 Å². The third-order valence-electron chi connectivity index (χ3n) is 6.43. The van der Waals surface area contributed by atoms with Crippen molar-refractivity contribution in [3.05, 3.63) is 52.0 Å². The van der Waals surface area contributed by atoms with E-state index in [0.29, 0.717) is 18.0 Å². The smallest absolute Gasteiger partial charge is 0.337 e. The van der Waals surface area contributed by atoms with E-state index in [4.69, 9.17) is 16.3 Å². The third-order valence-corrected chi connectivity index (χ3v) is 6.81. The van der Waals surface area contributed by atoms with Crippen LogP contribution in [-0.4, -0.2) is 34.5 Å². The summed E-state index contributed by atoms with van der Waals surface area (Å²) in [7, 11) is 1.64. The number of aromatic nitrogens is 1. The van der Waals surface area contributed by atoms with Gasteiger partial charge in [-0.3, -0.25) is 0 Å². The number of aliphatic hydroxyl groups excluding tert-OH is 1. The highest BCUT2D eigenvalue weighted by Gasteiger charge is 2.30. The molecule has 0 spiro atoms. The first-order valence-corrected chi connectivity index (χ1v) is 11.2. The molecule has 3 aromatic rings. The molecule has 1 saturated carbocycles. The Morgan fingerprint density at radius 2 is 1.87 bits per heavy atom. The van der Waals surface area contributed by atoms with Crippen LogP contribution in [-0.2, 0) is 6.54 Å². The largest absolute Gasteiger partial charge is 0.497 e. The van der Waals surface area contributed by atoms with Crippen LogP contribution in [0.1, 0.15) is 59.5 Å². The standard InChI is InChI=1S/C25H28ClNO4/c1-15-14-19(25(29)30)22(26)24-20(15)21(16-6-4-3-5-7-16)23(27(24)12-13-28)17-8-10-18(31-2)11-9-17/h8-11,14,16,28H,3-7,12-13H2,1-2H3,(H,29,30). The maximum Gasteiger partial charge on any atom is 0.337 e. The zero-order chi connectivity index (χ0) is 22.1. The Morgan fingerprint density at radius 1 is 1.19 bits per heavy atom. The van der Waals surface area contributed by atoms with Gasteiger partial charge in [-0.15, -0.1) is 0 Å². The Bertz CT molecular complexity index is 1110. The molecule has 0 aliphatic heterocycles. The molecule has 4 rings (SSSR count). The van der Waals surface area contributed by atoms with Crippen LogP contribution in [0.3, 0.4) is 0 Å². The number of methoxy groups -OCH3 is 1. The van der Waals surface area contributed by atoms with Crippen LogP contribution in [0.4, 0.5) is 0 Å². The molecule has 2 aromatic carbocycles. The molecular formula is C25H28ClNO4. The van der Waals surface area contributed by atoms with Crippen molar-refractivity contribution in [2.45, 2.75) is 51.5 Å². The molecule has 0 amide bonds. The van der Waals surface area contributed by atoms with Gasteiger partial charge in [0.25, 0.3) is 0 Å². The lowest BCUT2D eigenvalue weighted by atomic mass is 9.81. The zero-order valence-electron chi connectivity index (χ0n) is 17.9. The number of aromatic carboxylic acids is 1. The maximum atomic E-state index is 11.9. The van der Waals surface area contributed by atoms with E-state index in [1.54, 1.807) is 13.2 Å². The van der Waals surface area contributed by atoms with Gasteiger partial charge in [0.05, 0.1) is 35.5 Å². The van der Waals surface area contributed by atoms with Gasteiger partial charge in [0.15, 0.2) is 0 Å². The molecular weight excluding hydrogens is 414 g/mol. The van der Waals surface area contributed by atoms with E-state index in [0.717, 1.165) is 40.8 Å². The van der Waals surface area contributed by atoms with E-state index in [1.807, 2.05) is 35.8 Å². The van der Waals surface area contributed by atoms with Crippen LogP contribution < -0.4 is 4.74 Å². The number of hydrogen-bond acceptors (Lipinski definition) is 3. The highest BCUT2D eigenvalue weighted by Crippen LogP contribution is 2.47. The first-order valence-electron chi connectivity index (χ1n) is 10.8. The molecule has 164 valence electrons. The number of carbonyl (C=O) groups is 1. The van der Waals surface area contributed by atoms with Gasteiger partial charge in [0.1, 0.15) is 5.75 Å². The van der Waals surface area contributed by atoms with Crippen LogP contribution in [0.2, 0.25) is 5.02 Å². The van der Waals surface area contributed by atoms with Gasteiger partial charge in [-0.2, -0.15) is 0 Å². The van der Waals surface area contributed by atoms with Crippen molar-refractivity contribution in [2.75, 3.05) is 13.7 Å². The zero-order valence-corrected chi connectivity index (χ0v) is 18.7. The van der Waals surface area contributed by atoms with Gasteiger partial charge in [-0.1, -0.05) is 30.9 Å². The second-order valence-electron chi connectivity index (χ2n) is 8.28. The summed E-state index contributed by atoms with van der Waals surface area (Å²) in [5.41, 5.74) is 4.97. The number of hydrogen-bond donors (Lipinski definition) is 2. The number of carboxylic acid groups (broad SMARTS) is 1. The van der Waals surface area contributed by atoms with Crippen LogP contribution >= 0.6 is 11.6 Å². The Hall–Kier alpha value is -2.50. The van der Waals surface area contributed by atoms with Gasteiger partial charge in [0.2, 0.25) is 0 Å². The van der Waals surface area contributed by atoms with Gasteiger partial charge >= 0.3 is 5.97 Å². The Labute approximate surface area is 187 Å². The van der Waals surface area contributed by atoms with Crippen molar-refractivity contribution >= 4 is 28.5 Å². The van der Waals surface area contributed by atoms with Gasteiger partial charge in [-0.05, 0) is 72.7 Å². The molecule has 1 heterocycles. The van der Waals surface area contributed by atoms with Gasteiger partial charge < -0.3 is 19.5 Å². The molecule has 0 unspecified atom stereocenters. The topological polar surface area (TPSA) is 71.7 Å². The van der Waals surface area contributed by atoms with E-state index in [2.05, 4.69) is 0 Å². The van der Waals surface area contributed by atoms with E-state index < -0.39 is 5.97 Å². The second-order valence-corrected chi connectivity index (χ2v) is 8.66. The number of ether oxygens (including phenoxy) is 1. The Morgan fingerprint density at radius 3 is 2.45 bits per heavy atom. The maximum absolute atomic E-state index is 11.9. The quantitative estimate of drug-likeness (QED) is 0.490. The molecule has 0 bridgehead atoms. The minimum absolute atomic E-state index is 0.0658. The fraction of sp³-hybridized carbons (Fsp3) is 0.400. The fourth-order valence-corrected chi connectivity index (χ4v) is 5.41. The highest BCUT2D eigenvalue weighted by molar-refractivity contribution is 6.38. The molecule has 0 saturated heterocycles. The summed E-state index contributed by atoms with van der Waals surface area (Å²) in [6.07, 6.45) is 5.80. The normalized spacial score (nSPS) is 14.8. The lowest BCUT2D eigenvalue weighted by Gasteiger charge is -2.24. The van der Waals surface area contributed by atoms with E-state index in [-0.39, 0.29) is 17.2 Å². The highest BCUT2D eigenvalue weighted by atomic mass is 35.5. The second kappa shape index (κ2) is 8.93. The summed E-state index contributed by atoms with van der Waals surface area (Å²) in [6.45, 7) is 2.23. The van der Waals surface area contributed by atoms with E-state index in [9.17, 15) is 15.0 Å². The van der Waals surface area contributed by atoms with Crippen molar-refractivity contribution < 1.29 is 19.7 Å². The van der Waals surface area contributed by atoms with Gasteiger partial charge in [-0.25, -0.2) is 4.79 Å². The number of halogens is 1. The number of rotatable bonds is 6. The van der Waals surface area contributed by atoms with Crippen molar-refractivity contribution in [2.24, 2.45) is 0 Å². The van der Waals surface area contributed by atoms with Crippen molar-refractivity contribution in [3.63, 3.8) is 0 Å². The molecule has 1 fully saturated rings. The minimum Gasteiger partial charge on any atom is -0.497 e. The molecule has 1 aliphatic carbocycles. The van der Waals surface area contributed by atoms with Crippen molar-refractivity contribution in [3.8, 4) is 17.0 Å². The summed E-state index contributed by atoms with van der Waals surface area (Å²) in [6, 6.07) is 9.58. The first kappa shape index (κ1) is 21.7. The monoisotopic (exact) mass is 441 g/mol. The number of benzene rings is 2. The number of aryl methyl sites for hydroxylation is 1. The van der Waals surface area contributed by atoms with Crippen LogP contribution in [0, 0.1) is 6.92 Å². The number of aliphatic hydroxyl groups is 1. The van der Waals surface area contributed by atoms with E-state index >= 15 is 0 Å². The fourth-order valence-electron chi connectivity index (χ4n) is 5.07. The molecule has 6 heteroatoms. The minimum atomic E-state index is -1.04. The van der Waals surface area contributed by atoms with Gasteiger partial charge in [0, 0.05) is 11.9 Å². The number of carboxylic acids is 1. The van der Waals surface area contributed by atoms with Crippen molar-refractivity contribution in [1.82, 2.24) is 4.57 Å². The van der Waals surface area contributed by atoms with Crippen molar-refractivity contribution in [1.29, 1.82) is 0 Å². The Kier molecular flexibility index (Phi) is 6.26. The molecule has 1 aromatic heterocycles. The number of nitrogens with zero attached hydrogens (tertiary/aromatic N) is 1. The molecule has 1 aliphatic rings. The lowest BCUT2D eigenvalue weighted by Crippen LogP contribution is -2.08. The first-order chi connectivity index (χ1) is 15.0. The lowest BCUT2D eigenvalue weighted by molar-refractivity contribution is 0.0697. The molecule has 0 atom stereocenters. The average Bonchev–Trinajstić information content (AvgIpc) is 3.13. The molecule has 0 radical (unpaired) electrons. The SMILES string of the molecule is COc1ccc(-c2c(C3CCCCC3)c3c(C)cc(C(=O)O)c(Cl)c3n2CCO)cc1. The van der Waals surface area contributed by atoms with Crippen LogP contribution in [0.25, 0.3) is 22.2 Å². The molecule has 2 N–H and O–H groups in total. The predicted molar refractivity (Wildman–Crippen MR) is 124 cm³/mol.